The molecule has 0 saturated heterocycles. The molecule has 1 amide bonds. The molecule has 1 saturated carbocycles. The van der Waals surface area contributed by atoms with Gasteiger partial charge in [-0.2, -0.15) is 0 Å². The average Bonchev–Trinajstić information content (AvgIpc) is 2.27. The minimum absolute atomic E-state index is 0.0562. The monoisotopic (exact) mass is 213 g/mol. The number of ether oxygens (including phenoxy) is 1. The highest BCUT2D eigenvalue weighted by Gasteiger charge is 2.26. The van der Waals surface area contributed by atoms with Crippen LogP contribution < -0.4 is 5.32 Å². The van der Waals surface area contributed by atoms with E-state index >= 15 is 0 Å². The van der Waals surface area contributed by atoms with Gasteiger partial charge in [-0.15, -0.1) is 0 Å². The lowest BCUT2D eigenvalue weighted by Gasteiger charge is -2.26. The van der Waals surface area contributed by atoms with E-state index in [2.05, 4.69) is 5.32 Å². The minimum Gasteiger partial charge on any atom is -0.466 e. The number of amides is 1. The van der Waals surface area contributed by atoms with Crippen molar-refractivity contribution in [1.29, 1.82) is 0 Å². The first-order chi connectivity index (χ1) is 7.27. The number of hydrogen-bond acceptors (Lipinski definition) is 3. The van der Waals surface area contributed by atoms with Gasteiger partial charge in [-0.05, 0) is 38.5 Å². The summed E-state index contributed by atoms with van der Waals surface area (Å²) in [6.07, 6.45) is 4.53. The zero-order valence-electron chi connectivity index (χ0n) is 9.20. The molecule has 1 aliphatic carbocycles. The van der Waals surface area contributed by atoms with Gasteiger partial charge in [0, 0.05) is 6.54 Å². The predicted octanol–water partition coefficient (Wildman–Crippen LogP) is 1.10. The number of hydrogen-bond donors (Lipinski definition) is 1. The van der Waals surface area contributed by atoms with Crippen LogP contribution in [-0.4, -0.2) is 25.5 Å². The fourth-order valence-electron chi connectivity index (χ4n) is 2.08. The summed E-state index contributed by atoms with van der Waals surface area (Å²) in [6, 6.07) is 0. The van der Waals surface area contributed by atoms with Gasteiger partial charge in [-0.3, -0.25) is 9.59 Å². The first-order valence-corrected chi connectivity index (χ1v) is 5.61. The molecule has 0 aromatic rings. The maximum atomic E-state index is 11.4. The summed E-state index contributed by atoms with van der Waals surface area (Å²) in [5.41, 5.74) is 0. The first-order valence-electron chi connectivity index (χ1n) is 5.61. The Hall–Kier alpha value is -1.06. The van der Waals surface area contributed by atoms with Crippen molar-refractivity contribution in [2.45, 2.75) is 32.6 Å². The molecule has 0 bridgehead atoms. The number of rotatable bonds is 5. The molecule has 0 aromatic heterocycles. The van der Waals surface area contributed by atoms with Gasteiger partial charge >= 0.3 is 5.97 Å². The Labute approximate surface area is 90.4 Å². The molecule has 0 spiro atoms. The van der Waals surface area contributed by atoms with Crippen molar-refractivity contribution < 1.29 is 14.3 Å². The SMILES string of the molecule is CCOC(=O)C1CCC(CNC=O)CC1. The Bertz CT molecular complexity index is 210. The Kier molecular flexibility index (Phi) is 5.15. The first kappa shape index (κ1) is 12.0. The Balaban J connectivity index is 2.23. The second-order valence-corrected chi connectivity index (χ2v) is 4.00. The molecule has 1 N–H and O–H groups in total. The van der Waals surface area contributed by atoms with Gasteiger partial charge in [-0.25, -0.2) is 0 Å². The number of nitrogens with one attached hydrogen (secondary N) is 1. The van der Waals surface area contributed by atoms with Crippen molar-refractivity contribution in [2.24, 2.45) is 11.8 Å². The maximum Gasteiger partial charge on any atom is 0.308 e. The highest BCUT2D eigenvalue weighted by Crippen LogP contribution is 2.29. The summed E-state index contributed by atoms with van der Waals surface area (Å²) in [5.74, 6) is 0.553. The molecular formula is C11H19NO3. The van der Waals surface area contributed by atoms with Crippen molar-refractivity contribution in [2.75, 3.05) is 13.2 Å². The molecule has 0 aromatic carbocycles. The zero-order chi connectivity index (χ0) is 11.1. The van der Waals surface area contributed by atoms with Gasteiger partial charge < -0.3 is 10.1 Å². The van der Waals surface area contributed by atoms with Gasteiger partial charge in [-0.1, -0.05) is 0 Å². The lowest BCUT2D eigenvalue weighted by molar-refractivity contribution is -0.149. The van der Waals surface area contributed by atoms with Crippen molar-refractivity contribution >= 4 is 12.4 Å². The van der Waals surface area contributed by atoms with Crippen molar-refractivity contribution in [1.82, 2.24) is 5.32 Å². The van der Waals surface area contributed by atoms with Gasteiger partial charge in [0.1, 0.15) is 0 Å². The third-order valence-electron chi connectivity index (χ3n) is 2.96. The molecule has 15 heavy (non-hydrogen) atoms. The third kappa shape index (κ3) is 3.90. The van der Waals surface area contributed by atoms with Crippen LogP contribution in [0, 0.1) is 11.8 Å². The number of carbonyl (C=O) groups excluding carboxylic acids is 2. The largest absolute Gasteiger partial charge is 0.466 e. The van der Waals surface area contributed by atoms with E-state index in [0.717, 1.165) is 38.6 Å². The molecule has 4 heteroatoms. The highest BCUT2D eigenvalue weighted by molar-refractivity contribution is 5.72. The van der Waals surface area contributed by atoms with Crippen LogP contribution in [0.1, 0.15) is 32.6 Å². The molecule has 0 aliphatic heterocycles. The predicted molar refractivity (Wildman–Crippen MR) is 56.1 cm³/mol. The summed E-state index contributed by atoms with van der Waals surface area (Å²) < 4.78 is 4.99. The fraction of sp³-hybridized carbons (Fsp3) is 0.818. The van der Waals surface area contributed by atoms with Crippen LogP contribution in [-0.2, 0) is 14.3 Å². The second-order valence-electron chi connectivity index (χ2n) is 4.00. The molecule has 4 nitrogen and oxygen atoms in total. The van der Waals surface area contributed by atoms with Crippen LogP contribution in [0.2, 0.25) is 0 Å². The van der Waals surface area contributed by atoms with Crippen LogP contribution in [0.3, 0.4) is 0 Å². The molecule has 0 heterocycles. The van der Waals surface area contributed by atoms with E-state index in [1.54, 1.807) is 0 Å². The van der Waals surface area contributed by atoms with Gasteiger partial charge in [0.25, 0.3) is 0 Å². The van der Waals surface area contributed by atoms with Gasteiger partial charge in [0.2, 0.25) is 6.41 Å². The molecule has 1 aliphatic rings. The Morgan fingerprint density at radius 1 is 1.40 bits per heavy atom. The van der Waals surface area contributed by atoms with Crippen LogP contribution >= 0.6 is 0 Å². The van der Waals surface area contributed by atoms with Gasteiger partial charge in [0.05, 0.1) is 12.5 Å². The normalized spacial score (nSPS) is 25.7. The van der Waals surface area contributed by atoms with E-state index in [1.807, 2.05) is 6.92 Å². The Morgan fingerprint density at radius 2 is 2.07 bits per heavy atom. The Morgan fingerprint density at radius 3 is 2.60 bits per heavy atom. The van der Waals surface area contributed by atoms with E-state index in [1.165, 1.54) is 0 Å². The summed E-state index contributed by atoms with van der Waals surface area (Å²) >= 11 is 0. The molecule has 1 rings (SSSR count). The van der Waals surface area contributed by atoms with E-state index < -0.39 is 0 Å². The fourth-order valence-corrected chi connectivity index (χ4v) is 2.08. The van der Waals surface area contributed by atoms with Crippen LogP contribution in [0.15, 0.2) is 0 Å². The van der Waals surface area contributed by atoms with Crippen LogP contribution in [0.5, 0.6) is 0 Å². The molecular weight excluding hydrogens is 194 g/mol. The lowest BCUT2D eigenvalue weighted by atomic mass is 9.82. The summed E-state index contributed by atoms with van der Waals surface area (Å²) in [7, 11) is 0. The van der Waals surface area contributed by atoms with Crippen molar-refractivity contribution in [3.05, 3.63) is 0 Å². The minimum atomic E-state index is -0.0562. The van der Waals surface area contributed by atoms with E-state index in [9.17, 15) is 9.59 Å². The zero-order valence-corrected chi connectivity index (χ0v) is 9.20. The summed E-state index contributed by atoms with van der Waals surface area (Å²) in [4.78, 5) is 21.5. The third-order valence-corrected chi connectivity index (χ3v) is 2.96. The van der Waals surface area contributed by atoms with Crippen molar-refractivity contribution in [3.63, 3.8) is 0 Å². The standard InChI is InChI=1S/C11H19NO3/c1-2-15-11(14)10-5-3-9(4-6-10)7-12-8-13/h8-10H,2-7H2,1H3,(H,12,13). The maximum absolute atomic E-state index is 11.4. The van der Waals surface area contributed by atoms with E-state index in [-0.39, 0.29) is 11.9 Å². The number of esters is 1. The molecule has 86 valence electrons. The van der Waals surface area contributed by atoms with Gasteiger partial charge in [0.15, 0.2) is 0 Å². The summed E-state index contributed by atoms with van der Waals surface area (Å²) in [6.45, 7) is 3.03. The lowest BCUT2D eigenvalue weighted by Crippen LogP contribution is -2.29. The van der Waals surface area contributed by atoms with Crippen LogP contribution in [0.4, 0.5) is 0 Å². The molecule has 0 unspecified atom stereocenters. The van der Waals surface area contributed by atoms with Crippen molar-refractivity contribution in [3.8, 4) is 0 Å². The second kappa shape index (κ2) is 6.43. The van der Waals surface area contributed by atoms with Crippen LogP contribution in [0.25, 0.3) is 0 Å². The van der Waals surface area contributed by atoms with E-state index in [0.29, 0.717) is 12.5 Å². The topological polar surface area (TPSA) is 55.4 Å². The molecule has 0 radical (unpaired) electrons. The van der Waals surface area contributed by atoms with E-state index in [4.69, 9.17) is 4.74 Å². The molecule has 0 atom stereocenters. The average molecular weight is 213 g/mol. The molecule has 1 fully saturated rings. The highest BCUT2D eigenvalue weighted by atomic mass is 16.5. The number of carbonyl (C=O) groups is 2. The smallest absolute Gasteiger partial charge is 0.308 e. The quantitative estimate of drug-likeness (QED) is 0.549. The summed E-state index contributed by atoms with van der Waals surface area (Å²) in [5, 5.41) is 2.69.